The molecule has 2 saturated heterocycles. The lowest BCUT2D eigenvalue weighted by Crippen LogP contribution is -2.53. The van der Waals surface area contributed by atoms with Crippen molar-refractivity contribution in [2.75, 3.05) is 39.3 Å². The number of likely N-dealkylation sites (tertiary alicyclic amines) is 1. The van der Waals surface area contributed by atoms with Crippen molar-refractivity contribution in [2.24, 2.45) is 5.92 Å². The fraction of sp³-hybridized carbons (Fsp3) is 0.481. The van der Waals surface area contributed by atoms with Crippen molar-refractivity contribution in [1.29, 1.82) is 0 Å². The van der Waals surface area contributed by atoms with E-state index in [4.69, 9.17) is 0 Å². The number of rotatable bonds is 5. The molecule has 32 heavy (non-hydrogen) atoms. The third-order valence-electron chi connectivity index (χ3n) is 7.02. The normalized spacial score (nSPS) is 22.1. The van der Waals surface area contributed by atoms with Crippen LogP contribution in [0.25, 0.3) is 0 Å². The molecule has 2 aromatic carbocycles. The molecule has 0 aromatic heterocycles. The first-order chi connectivity index (χ1) is 15.5. The average Bonchev–Trinajstić information content (AvgIpc) is 2.84. The largest absolute Gasteiger partial charge is 0.339 e. The van der Waals surface area contributed by atoms with E-state index in [0.717, 1.165) is 32.5 Å². The number of hydrogen-bond donors (Lipinski definition) is 0. The monoisotopic (exact) mass is 433 g/mol. The molecule has 2 amide bonds. The summed E-state index contributed by atoms with van der Waals surface area (Å²) in [6.45, 7) is 8.99. The van der Waals surface area contributed by atoms with E-state index < -0.39 is 0 Å². The zero-order valence-electron chi connectivity index (χ0n) is 19.4. The molecule has 170 valence electrons. The van der Waals surface area contributed by atoms with Crippen LogP contribution in [0.1, 0.15) is 42.9 Å². The molecule has 5 heteroatoms. The van der Waals surface area contributed by atoms with E-state index in [1.165, 1.54) is 16.7 Å². The summed E-state index contributed by atoms with van der Waals surface area (Å²) in [5.74, 6) is 0.693. The maximum absolute atomic E-state index is 13.5. The number of carbonyl (C=O) groups is 2. The minimum absolute atomic E-state index is 0.00723. The predicted molar refractivity (Wildman–Crippen MR) is 127 cm³/mol. The standard InChI is InChI=1S/C27H35N3O2/c1-3-22-9-11-24(12-10-22)25-17-26(20-28(19-25)18-23-7-5-4-6-8-23)27(32)30-15-13-29(14-16-30)21(2)31/h4-12,25-26H,3,13-20H2,1-2H3. The van der Waals surface area contributed by atoms with E-state index in [1.54, 1.807) is 6.92 Å². The van der Waals surface area contributed by atoms with E-state index in [-0.39, 0.29) is 17.7 Å². The first kappa shape index (κ1) is 22.5. The van der Waals surface area contributed by atoms with Crippen molar-refractivity contribution in [1.82, 2.24) is 14.7 Å². The van der Waals surface area contributed by atoms with Crippen molar-refractivity contribution < 1.29 is 9.59 Å². The Balaban J connectivity index is 1.49. The molecule has 2 aliphatic heterocycles. The summed E-state index contributed by atoms with van der Waals surface area (Å²) in [6, 6.07) is 19.5. The fourth-order valence-electron chi connectivity index (χ4n) is 5.11. The fourth-order valence-corrected chi connectivity index (χ4v) is 5.11. The quantitative estimate of drug-likeness (QED) is 0.724. The lowest BCUT2D eigenvalue weighted by atomic mass is 9.83. The van der Waals surface area contributed by atoms with Crippen molar-refractivity contribution in [3.8, 4) is 0 Å². The van der Waals surface area contributed by atoms with Crippen LogP contribution in [-0.2, 0) is 22.6 Å². The maximum atomic E-state index is 13.5. The van der Waals surface area contributed by atoms with Crippen molar-refractivity contribution in [3.05, 3.63) is 71.3 Å². The van der Waals surface area contributed by atoms with Crippen LogP contribution in [0.5, 0.6) is 0 Å². The van der Waals surface area contributed by atoms with Gasteiger partial charge in [-0.15, -0.1) is 0 Å². The Morgan fingerprint density at radius 1 is 0.844 bits per heavy atom. The molecule has 2 fully saturated rings. The maximum Gasteiger partial charge on any atom is 0.227 e. The second-order valence-corrected chi connectivity index (χ2v) is 9.24. The minimum atomic E-state index is -0.00723. The molecule has 2 aliphatic rings. The van der Waals surface area contributed by atoms with Crippen molar-refractivity contribution >= 4 is 11.8 Å². The first-order valence-corrected chi connectivity index (χ1v) is 11.9. The van der Waals surface area contributed by atoms with Gasteiger partial charge in [-0.1, -0.05) is 61.5 Å². The molecule has 2 atom stereocenters. The Hall–Kier alpha value is -2.66. The van der Waals surface area contributed by atoms with E-state index in [9.17, 15) is 9.59 Å². The van der Waals surface area contributed by atoms with E-state index in [2.05, 4.69) is 60.4 Å². The third kappa shape index (κ3) is 5.39. The second-order valence-electron chi connectivity index (χ2n) is 9.24. The highest BCUT2D eigenvalue weighted by Crippen LogP contribution is 2.32. The van der Waals surface area contributed by atoms with Crippen LogP contribution in [0.15, 0.2) is 54.6 Å². The number of nitrogens with zero attached hydrogens (tertiary/aromatic N) is 3. The minimum Gasteiger partial charge on any atom is -0.339 e. The number of hydrogen-bond acceptors (Lipinski definition) is 3. The number of carbonyl (C=O) groups excluding carboxylic acids is 2. The molecule has 2 aromatic rings. The van der Waals surface area contributed by atoms with E-state index in [1.807, 2.05) is 15.9 Å². The van der Waals surface area contributed by atoms with Gasteiger partial charge in [0.25, 0.3) is 0 Å². The van der Waals surface area contributed by atoms with Crippen LogP contribution in [0.3, 0.4) is 0 Å². The summed E-state index contributed by atoms with van der Waals surface area (Å²) in [6.07, 6.45) is 1.93. The molecule has 0 radical (unpaired) electrons. The molecule has 0 aliphatic carbocycles. The van der Waals surface area contributed by atoms with Crippen LogP contribution < -0.4 is 0 Å². The van der Waals surface area contributed by atoms with Crippen LogP contribution in [0.2, 0.25) is 0 Å². The van der Waals surface area contributed by atoms with Gasteiger partial charge in [0.05, 0.1) is 5.92 Å². The molecule has 0 bridgehead atoms. The Kier molecular flexibility index (Phi) is 7.26. The molecule has 0 spiro atoms. The summed E-state index contributed by atoms with van der Waals surface area (Å²) in [7, 11) is 0. The highest BCUT2D eigenvalue weighted by atomic mass is 16.2. The lowest BCUT2D eigenvalue weighted by Gasteiger charge is -2.41. The summed E-state index contributed by atoms with van der Waals surface area (Å²) >= 11 is 0. The zero-order chi connectivity index (χ0) is 22.5. The SMILES string of the molecule is CCc1ccc(C2CC(C(=O)N3CCN(C(C)=O)CC3)CN(Cc3ccccc3)C2)cc1. The number of piperazine rings is 1. The summed E-state index contributed by atoms with van der Waals surface area (Å²) in [5.41, 5.74) is 3.97. The Bertz CT molecular complexity index is 904. The highest BCUT2D eigenvalue weighted by Gasteiger charge is 2.35. The summed E-state index contributed by atoms with van der Waals surface area (Å²) < 4.78 is 0. The van der Waals surface area contributed by atoms with Crippen molar-refractivity contribution in [3.63, 3.8) is 0 Å². The lowest BCUT2D eigenvalue weighted by molar-refractivity contribution is -0.143. The van der Waals surface area contributed by atoms with Gasteiger partial charge < -0.3 is 9.80 Å². The number of aryl methyl sites for hydroxylation is 1. The van der Waals surface area contributed by atoms with Gasteiger partial charge in [-0.05, 0) is 35.4 Å². The topological polar surface area (TPSA) is 43.9 Å². The molecule has 4 rings (SSSR count). The summed E-state index contributed by atoms with van der Waals surface area (Å²) in [4.78, 5) is 31.4. The number of amides is 2. The van der Waals surface area contributed by atoms with E-state index >= 15 is 0 Å². The molecule has 0 N–H and O–H groups in total. The zero-order valence-corrected chi connectivity index (χ0v) is 19.4. The van der Waals surface area contributed by atoms with Gasteiger partial charge in [0, 0.05) is 52.7 Å². The molecule has 2 heterocycles. The summed E-state index contributed by atoms with van der Waals surface area (Å²) in [5, 5.41) is 0. The number of piperidine rings is 1. The smallest absolute Gasteiger partial charge is 0.227 e. The number of benzene rings is 2. The Morgan fingerprint density at radius 3 is 2.12 bits per heavy atom. The van der Waals surface area contributed by atoms with Gasteiger partial charge in [0.15, 0.2) is 0 Å². The highest BCUT2D eigenvalue weighted by molar-refractivity contribution is 5.80. The van der Waals surface area contributed by atoms with Crippen molar-refractivity contribution in [2.45, 2.75) is 39.2 Å². The van der Waals surface area contributed by atoms with Gasteiger partial charge in [0.2, 0.25) is 11.8 Å². The second kappa shape index (κ2) is 10.3. The van der Waals surface area contributed by atoms with E-state index in [0.29, 0.717) is 32.1 Å². The van der Waals surface area contributed by atoms with Gasteiger partial charge in [-0.3, -0.25) is 14.5 Å². The Morgan fingerprint density at radius 2 is 1.50 bits per heavy atom. The van der Waals surface area contributed by atoms with Crippen LogP contribution in [-0.4, -0.2) is 65.8 Å². The molecular formula is C27H35N3O2. The third-order valence-corrected chi connectivity index (χ3v) is 7.02. The first-order valence-electron chi connectivity index (χ1n) is 11.9. The van der Waals surface area contributed by atoms with Gasteiger partial charge in [0.1, 0.15) is 0 Å². The van der Waals surface area contributed by atoms with Gasteiger partial charge in [-0.25, -0.2) is 0 Å². The molecule has 0 saturated carbocycles. The van der Waals surface area contributed by atoms with Gasteiger partial charge >= 0.3 is 0 Å². The Labute approximate surface area is 192 Å². The molecule has 2 unspecified atom stereocenters. The van der Waals surface area contributed by atoms with Crippen LogP contribution >= 0.6 is 0 Å². The average molecular weight is 434 g/mol. The van der Waals surface area contributed by atoms with Crippen LogP contribution in [0.4, 0.5) is 0 Å². The van der Waals surface area contributed by atoms with Gasteiger partial charge in [-0.2, -0.15) is 0 Å². The van der Waals surface area contributed by atoms with Crippen LogP contribution in [0, 0.1) is 5.92 Å². The molecular weight excluding hydrogens is 398 g/mol. The predicted octanol–water partition coefficient (Wildman–Crippen LogP) is 3.55. The molecule has 5 nitrogen and oxygen atoms in total.